The Hall–Kier alpha value is -4.54. The molecule has 0 radical (unpaired) electrons. The second kappa shape index (κ2) is 12.1. The van der Waals surface area contributed by atoms with Crippen LogP contribution in [0.1, 0.15) is 42.4 Å². The first kappa shape index (κ1) is 29.2. The summed E-state index contributed by atoms with van der Waals surface area (Å²) in [6.45, 7) is 5.06. The number of likely N-dealkylation sites (tertiary alicyclic amines) is 2. The van der Waals surface area contributed by atoms with Gasteiger partial charge in [0.15, 0.2) is 5.65 Å². The van der Waals surface area contributed by atoms with E-state index in [1.807, 2.05) is 71.1 Å². The number of oxazole rings is 1. The highest BCUT2D eigenvalue weighted by atomic mass is 16.4. The van der Waals surface area contributed by atoms with Crippen LogP contribution in [-0.4, -0.2) is 71.7 Å². The van der Waals surface area contributed by atoms with Gasteiger partial charge >= 0.3 is 0 Å². The molecule has 45 heavy (non-hydrogen) atoms. The van der Waals surface area contributed by atoms with Crippen LogP contribution in [0.2, 0.25) is 0 Å². The zero-order valence-electron chi connectivity index (χ0n) is 25.5. The van der Waals surface area contributed by atoms with Gasteiger partial charge in [0.2, 0.25) is 11.8 Å². The second-order valence-corrected chi connectivity index (χ2v) is 12.5. The van der Waals surface area contributed by atoms with E-state index in [0.717, 1.165) is 36.5 Å². The number of fused-ring (bicyclic) bond motifs is 1. The maximum absolute atomic E-state index is 14.0. The van der Waals surface area contributed by atoms with Gasteiger partial charge in [-0.2, -0.15) is 0 Å². The van der Waals surface area contributed by atoms with Crippen molar-refractivity contribution in [1.29, 1.82) is 0 Å². The van der Waals surface area contributed by atoms with Crippen molar-refractivity contribution < 1.29 is 14.3 Å². The van der Waals surface area contributed by atoms with Crippen LogP contribution in [0.4, 0.5) is 0 Å². The Morgan fingerprint density at radius 1 is 1.00 bits per heavy atom. The number of rotatable bonds is 7. The summed E-state index contributed by atoms with van der Waals surface area (Å²) in [7, 11) is 0. The minimum Gasteiger partial charge on any atom is -0.445 e. The molecule has 0 unspecified atom stereocenters. The third-order valence-corrected chi connectivity index (χ3v) is 9.44. The molecular formula is C35H38N6O4. The lowest BCUT2D eigenvalue weighted by Gasteiger charge is -2.43. The van der Waals surface area contributed by atoms with E-state index in [-0.39, 0.29) is 29.8 Å². The van der Waals surface area contributed by atoms with Crippen LogP contribution in [0.3, 0.4) is 0 Å². The number of para-hydroxylation sites is 1. The zero-order valence-corrected chi connectivity index (χ0v) is 25.5. The van der Waals surface area contributed by atoms with Crippen molar-refractivity contribution in [3.8, 4) is 5.69 Å². The summed E-state index contributed by atoms with van der Waals surface area (Å²) in [4.78, 5) is 40.6. The SMILES string of the molecule is Cc1cnc(CN2CC[C@@H](C(=O)N3CCC(O)(Cn4cnc5c(ccn5-c5ccccc5)c4=O)CC3)[C@H](c3ccccc3)C2)o1. The van der Waals surface area contributed by atoms with Crippen molar-refractivity contribution in [2.75, 3.05) is 26.2 Å². The number of piperidine rings is 2. The molecule has 232 valence electrons. The molecule has 2 fully saturated rings. The Morgan fingerprint density at radius 3 is 2.44 bits per heavy atom. The minimum absolute atomic E-state index is 0.0453. The van der Waals surface area contributed by atoms with E-state index in [0.29, 0.717) is 49.4 Å². The van der Waals surface area contributed by atoms with Gasteiger partial charge in [-0.05, 0) is 56.5 Å². The summed E-state index contributed by atoms with van der Waals surface area (Å²) in [5.41, 5.74) is 1.39. The van der Waals surface area contributed by atoms with Crippen LogP contribution in [0, 0.1) is 12.8 Å². The maximum Gasteiger partial charge on any atom is 0.262 e. The number of carbonyl (C=O) groups is 1. The molecule has 5 heterocycles. The zero-order chi connectivity index (χ0) is 31.0. The van der Waals surface area contributed by atoms with Crippen LogP contribution < -0.4 is 5.56 Å². The van der Waals surface area contributed by atoms with Crippen LogP contribution in [0.5, 0.6) is 0 Å². The van der Waals surface area contributed by atoms with Gasteiger partial charge < -0.3 is 19.0 Å². The average molecular weight is 607 g/mol. The number of aromatic nitrogens is 4. The monoisotopic (exact) mass is 606 g/mol. The lowest BCUT2D eigenvalue weighted by molar-refractivity contribution is -0.142. The minimum atomic E-state index is -1.10. The molecule has 2 atom stereocenters. The molecule has 10 nitrogen and oxygen atoms in total. The fourth-order valence-electron chi connectivity index (χ4n) is 6.98. The molecule has 10 heteroatoms. The number of nitrogens with zero attached hydrogens (tertiary/aromatic N) is 6. The Bertz CT molecular complexity index is 1840. The van der Waals surface area contributed by atoms with Crippen molar-refractivity contribution in [3.05, 3.63) is 113 Å². The standard InChI is InChI=1S/C35H38N6O4/c1-25-20-36-31(45-25)22-38-16-12-28(30(21-38)26-8-4-2-5-9-26)33(42)39-18-14-35(44,15-19-39)23-40-24-37-32-29(34(40)43)13-17-41(32)27-10-6-3-7-11-27/h2-11,13,17,20,24,28,30,44H,12,14-16,18-19,21-23H2,1H3/t28-,30+/m1/s1. The molecule has 7 rings (SSSR count). The lowest BCUT2D eigenvalue weighted by atomic mass is 9.79. The average Bonchev–Trinajstić information content (AvgIpc) is 3.69. The smallest absolute Gasteiger partial charge is 0.262 e. The predicted molar refractivity (Wildman–Crippen MR) is 170 cm³/mol. The van der Waals surface area contributed by atoms with Crippen molar-refractivity contribution in [2.24, 2.45) is 5.92 Å². The summed E-state index contributed by atoms with van der Waals surface area (Å²) in [5.74, 6) is 1.53. The number of aliphatic hydroxyl groups is 1. The van der Waals surface area contributed by atoms with Gasteiger partial charge in [-0.1, -0.05) is 48.5 Å². The summed E-state index contributed by atoms with van der Waals surface area (Å²) >= 11 is 0. The highest BCUT2D eigenvalue weighted by Gasteiger charge is 2.41. The normalized spacial score (nSPS) is 20.4. The van der Waals surface area contributed by atoms with E-state index < -0.39 is 5.60 Å². The van der Waals surface area contributed by atoms with E-state index in [2.05, 4.69) is 27.0 Å². The number of hydrogen-bond acceptors (Lipinski definition) is 7. The van der Waals surface area contributed by atoms with E-state index in [1.165, 1.54) is 10.9 Å². The van der Waals surface area contributed by atoms with Gasteiger partial charge in [-0.3, -0.25) is 19.1 Å². The molecule has 5 aromatic rings. The highest BCUT2D eigenvalue weighted by molar-refractivity contribution is 5.80. The van der Waals surface area contributed by atoms with Gasteiger partial charge in [0.05, 0.1) is 30.3 Å². The quantitative estimate of drug-likeness (QED) is 0.297. The first-order chi connectivity index (χ1) is 21.9. The Morgan fingerprint density at radius 2 is 1.73 bits per heavy atom. The topological polar surface area (TPSA) is 110 Å². The van der Waals surface area contributed by atoms with Gasteiger partial charge in [0, 0.05) is 43.4 Å². The van der Waals surface area contributed by atoms with Crippen LogP contribution in [0.25, 0.3) is 16.7 Å². The van der Waals surface area contributed by atoms with Gasteiger partial charge in [-0.25, -0.2) is 9.97 Å². The number of aryl methyl sites for hydroxylation is 1. The van der Waals surface area contributed by atoms with E-state index in [9.17, 15) is 14.7 Å². The Kier molecular flexibility index (Phi) is 7.85. The van der Waals surface area contributed by atoms with E-state index in [4.69, 9.17) is 4.42 Å². The van der Waals surface area contributed by atoms with Crippen molar-refractivity contribution in [3.63, 3.8) is 0 Å². The number of carbonyl (C=O) groups excluding carboxylic acids is 1. The first-order valence-electron chi connectivity index (χ1n) is 15.7. The molecule has 3 aromatic heterocycles. The maximum atomic E-state index is 14.0. The van der Waals surface area contributed by atoms with Crippen LogP contribution in [-0.2, 0) is 17.9 Å². The summed E-state index contributed by atoms with van der Waals surface area (Å²) < 4.78 is 9.13. The number of hydrogen-bond donors (Lipinski definition) is 1. The molecule has 0 saturated carbocycles. The molecular weight excluding hydrogens is 568 g/mol. The van der Waals surface area contributed by atoms with E-state index in [1.54, 1.807) is 12.3 Å². The molecule has 1 amide bonds. The third-order valence-electron chi connectivity index (χ3n) is 9.44. The van der Waals surface area contributed by atoms with E-state index >= 15 is 0 Å². The number of amides is 1. The summed E-state index contributed by atoms with van der Waals surface area (Å²) in [5, 5.41) is 12.1. The van der Waals surface area contributed by atoms with Crippen molar-refractivity contribution in [1.82, 2.24) is 28.9 Å². The van der Waals surface area contributed by atoms with Crippen molar-refractivity contribution in [2.45, 2.75) is 50.8 Å². The second-order valence-electron chi connectivity index (χ2n) is 12.5. The molecule has 0 bridgehead atoms. The molecule has 2 aliphatic rings. The Balaban J connectivity index is 1.03. The van der Waals surface area contributed by atoms with Crippen molar-refractivity contribution >= 4 is 16.9 Å². The molecule has 0 spiro atoms. The molecule has 1 N–H and O–H groups in total. The van der Waals surface area contributed by atoms with Gasteiger partial charge in [0.25, 0.3) is 5.56 Å². The summed E-state index contributed by atoms with van der Waals surface area (Å²) in [6.07, 6.45) is 6.64. The lowest BCUT2D eigenvalue weighted by Crippen LogP contribution is -2.53. The van der Waals surface area contributed by atoms with Crippen LogP contribution >= 0.6 is 0 Å². The van der Waals surface area contributed by atoms with Gasteiger partial charge in [-0.15, -0.1) is 0 Å². The number of benzene rings is 2. The third kappa shape index (κ3) is 5.95. The molecule has 2 saturated heterocycles. The van der Waals surface area contributed by atoms with Gasteiger partial charge in [0.1, 0.15) is 12.1 Å². The Labute approximate surface area is 261 Å². The molecule has 0 aliphatic carbocycles. The highest BCUT2D eigenvalue weighted by Crippen LogP contribution is 2.36. The fraction of sp³-hybridized carbons (Fsp3) is 0.371. The summed E-state index contributed by atoms with van der Waals surface area (Å²) in [6, 6.07) is 21.8. The van der Waals surface area contributed by atoms with Crippen LogP contribution in [0.15, 0.2) is 94.7 Å². The fourth-order valence-corrected chi connectivity index (χ4v) is 6.98. The molecule has 2 aromatic carbocycles. The first-order valence-corrected chi connectivity index (χ1v) is 15.7. The predicted octanol–water partition coefficient (Wildman–Crippen LogP) is 4.14. The molecule has 2 aliphatic heterocycles. The largest absolute Gasteiger partial charge is 0.445 e.